The van der Waals surface area contributed by atoms with Crippen LogP contribution in [-0.2, 0) is 9.53 Å². The number of rotatable bonds is 14. The monoisotopic (exact) mass is 1020 g/mol. The van der Waals surface area contributed by atoms with Crippen LogP contribution in [0.3, 0.4) is 0 Å². The molecule has 0 bridgehead atoms. The third-order valence-corrected chi connectivity index (χ3v) is 22.2. The normalized spacial score (nSPS) is 47.0. The summed E-state index contributed by atoms with van der Waals surface area (Å²) in [6.45, 7) is 3.35. The summed E-state index contributed by atoms with van der Waals surface area (Å²) in [7, 11) is 0. The molecule has 0 amide bonds. The standard InChI is InChI=1S/C58H91N3O12/c1-3-9-33-14-16-37-44(18-15-33)73-52-48(37)40(64)13-7-22-58(52,72)53(2,70)45-21-24-57(71)51-49(60-32-43(67)34-10-5-4-6-11-34)50(69)38-28-41(65)42(66)30-55(38)29-35(36-17-19-47(59)61-39(36)12-8-26-62)20-23-56(51,55)46(68)31-54(45,57)25-27-63/h17,19-20,23,33-35,37-38,40-48,52,60-68,70-72H,3-16,18,21-22,24-32,59H2,1-2H3/t33-,35-,37+,38-,40+,41+,42-,43-,44+,45+,46+,47?,48+,52+,53+,54+,55-,56-,57+,58+/m0/s1. The minimum atomic E-state index is -2.01. The van der Waals surface area contributed by atoms with E-state index in [0.29, 0.717) is 31.6 Å². The van der Waals surface area contributed by atoms with Gasteiger partial charge in [-0.3, -0.25) is 4.79 Å². The van der Waals surface area contributed by atoms with Crippen molar-refractivity contribution in [3.8, 4) is 0 Å². The molecular formula is C58H91N3O12. The minimum absolute atomic E-state index is 0.00316. The first-order valence-corrected chi connectivity index (χ1v) is 29.0. The molecule has 2 spiro atoms. The first kappa shape index (κ1) is 54.1. The lowest BCUT2D eigenvalue weighted by atomic mass is 9.34. The van der Waals surface area contributed by atoms with Crippen molar-refractivity contribution >= 4 is 5.78 Å². The molecule has 6 saturated carbocycles. The highest BCUT2D eigenvalue weighted by atomic mass is 16.5. The van der Waals surface area contributed by atoms with Crippen molar-refractivity contribution in [2.75, 3.05) is 19.8 Å². The van der Waals surface area contributed by atoms with Crippen LogP contribution in [0.1, 0.15) is 162 Å². The van der Waals surface area contributed by atoms with E-state index in [0.717, 1.165) is 81.9 Å². The van der Waals surface area contributed by atoms with Crippen molar-refractivity contribution in [2.24, 2.45) is 63.4 Å². The second kappa shape index (κ2) is 20.5. The maximum absolute atomic E-state index is 16.0. The molecule has 20 atom stereocenters. The number of ketones is 1. The zero-order valence-electron chi connectivity index (χ0n) is 43.7. The molecule has 1 saturated heterocycles. The predicted octanol–water partition coefficient (Wildman–Crippen LogP) is 3.80. The molecule has 0 radical (unpaired) electrons. The topological polar surface area (TPSA) is 279 Å². The highest BCUT2D eigenvalue weighted by Crippen LogP contribution is 2.78. The number of Topliss-reactive ketones (excluding diaryl/α,β-unsaturated/α-hetero) is 1. The van der Waals surface area contributed by atoms with Gasteiger partial charge in [0.1, 0.15) is 5.60 Å². The van der Waals surface area contributed by atoms with Crippen LogP contribution in [0, 0.1) is 57.7 Å². The Morgan fingerprint density at radius 1 is 0.904 bits per heavy atom. The highest BCUT2D eigenvalue weighted by Gasteiger charge is 2.80. The average Bonchev–Trinajstić information content (AvgIpc) is 3.76. The highest BCUT2D eigenvalue weighted by molar-refractivity contribution is 6.00. The Hall–Kier alpha value is -2.25. The van der Waals surface area contributed by atoms with Crippen molar-refractivity contribution < 1.29 is 60.6 Å². The van der Waals surface area contributed by atoms with E-state index in [1.807, 2.05) is 24.3 Å². The number of aliphatic hydroxyl groups excluding tert-OH is 7. The third kappa shape index (κ3) is 8.36. The molecule has 0 aromatic heterocycles. The number of nitrogens with two attached hydrogens (primary N) is 1. The van der Waals surface area contributed by atoms with Crippen molar-refractivity contribution in [3.63, 3.8) is 0 Å². The van der Waals surface area contributed by atoms with Crippen molar-refractivity contribution in [3.05, 3.63) is 46.8 Å². The smallest absolute Gasteiger partial charge is 0.182 e. The van der Waals surface area contributed by atoms with Crippen molar-refractivity contribution in [2.45, 2.75) is 227 Å². The van der Waals surface area contributed by atoms with Gasteiger partial charge in [0.05, 0.1) is 65.8 Å². The number of hydrogen-bond donors (Lipinski definition) is 13. The van der Waals surface area contributed by atoms with E-state index in [4.69, 9.17) is 10.5 Å². The fraction of sp³-hybridized carbons (Fsp3) is 0.845. The summed E-state index contributed by atoms with van der Waals surface area (Å²) < 4.78 is 7.02. The number of carbonyl (C=O) groups is 1. The number of carbonyl (C=O) groups excluding carboxylic acids is 1. The van der Waals surface area contributed by atoms with Gasteiger partial charge in [-0.2, -0.15) is 0 Å². The number of dihydropyridines is 1. The summed E-state index contributed by atoms with van der Waals surface area (Å²) in [5.74, 6) is -2.53. The molecule has 0 aromatic carbocycles. The van der Waals surface area contributed by atoms with Crippen LogP contribution in [-0.4, -0.2) is 142 Å². The molecule has 10 rings (SSSR count). The van der Waals surface area contributed by atoms with Gasteiger partial charge in [-0.1, -0.05) is 63.7 Å². The molecule has 7 fully saturated rings. The first-order chi connectivity index (χ1) is 34.9. The largest absolute Gasteiger partial charge is 0.396 e. The molecule has 0 aromatic rings. The Labute approximate surface area is 432 Å². The van der Waals surface area contributed by atoms with Crippen LogP contribution >= 0.6 is 0 Å². The summed E-state index contributed by atoms with van der Waals surface area (Å²) in [6.07, 6.45) is 13.3. The van der Waals surface area contributed by atoms with E-state index in [9.17, 15) is 51.1 Å². The SMILES string of the molecule is CCC[C@H]1CC[C@H]2[C@@H]3[C@H](O)CCC[C@](O)([C@](C)(O)[C@H]4CC[C@@]5(O)C6=C(NC[C@H](O)C7CCCCC7)C(=O)[C@@H]7C[C@@H](O)[C@@H](O)C[C@@]78C[C@@H](C7=C(CCCO)NC(N)C=C7)C=C[C@]68[C@H](O)C[C@]45CCO)[C@@H]3O[C@@H]2CC1. The van der Waals surface area contributed by atoms with Gasteiger partial charge in [-0.15, -0.1) is 0 Å². The number of hydrogen-bond acceptors (Lipinski definition) is 15. The molecule has 15 heteroatoms. The van der Waals surface area contributed by atoms with E-state index in [2.05, 4.69) is 17.6 Å². The van der Waals surface area contributed by atoms with Crippen LogP contribution < -0.4 is 16.4 Å². The number of nitrogens with one attached hydrogen (secondary N) is 2. The van der Waals surface area contributed by atoms with Crippen LogP contribution in [0.5, 0.6) is 0 Å². The van der Waals surface area contributed by atoms with E-state index in [-0.39, 0.29) is 105 Å². The maximum atomic E-state index is 16.0. The van der Waals surface area contributed by atoms with Crippen LogP contribution in [0.15, 0.2) is 46.8 Å². The Morgan fingerprint density at radius 3 is 2.41 bits per heavy atom. The van der Waals surface area contributed by atoms with Crippen LogP contribution in [0.25, 0.3) is 0 Å². The minimum Gasteiger partial charge on any atom is -0.396 e. The van der Waals surface area contributed by atoms with Gasteiger partial charge < -0.3 is 72.2 Å². The Kier molecular flexibility index (Phi) is 15.2. The zero-order valence-corrected chi connectivity index (χ0v) is 43.7. The van der Waals surface area contributed by atoms with Gasteiger partial charge >= 0.3 is 0 Å². The molecule has 2 aliphatic heterocycles. The van der Waals surface area contributed by atoms with Gasteiger partial charge in [0.2, 0.25) is 0 Å². The maximum Gasteiger partial charge on any atom is 0.182 e. The van der Waals surface area contributed by atoms with Gasteiger partial charge in [0.25, 0.3) is 0 Å². The number of allylic oxidation sites excluding steroid dienone is 5. The van der Waals surface area contributed by atoms with Gasteiger partial charge in [0, 0.05) is 59.6 Å². The fourth-order valence-electron chi connectivity index (χ4n) is 18.8. The summed E-state index contributed by atoms with van der Waals surface area (Å²) in [5, 5.41) is 131. The van der Waals surface area contributed by atoms with Crippen molar-refractivity contribution in [1.82, 2.24) is 10.6 Å². The Morgan fingerprint density at radius 2 is 1.67 bits per heavy atom. The summed E-state index contributed by atoms with van der Waals surface area (Å²) >= 11 is 0. The quantitative estimate of drug-likeness (QED) is 0.110. The first-order valence-electron chi connectivity index (χ1n) is 29.0. The average molecular weight is 1020 g/mol. The second-order valence-electron chi connectivity index (χ2n) is 25.6. The van der Waals surface area contributed by atoms with Crippen LogP contribution in [0.4, 0.5) is 0 Å². The summed E-state index contributed by atoms with van der Waals surface area (Å²) in [5.41, 5.74) is -1.87. The lowest BCUT2D eigenvalue weighted by molar-refractivity contribution is -0.267. The Balaban J connectivity index is 1.12. The number of fused-ring (bicyclic) bond motifs is 5. The molecule has 14 N–H and O–H groups in total. The fourth-order valence-corrected chi connectivity index (χ4v) is 18.8. The molecule has 410 valence electrons. The molecule has 1 unspecified atom stereocenters. The molecule has 73 heavy (non-hydrogen) atoms. The predicted molar refractivity (Wildman–Crippen MR) is 273 cm³/mol. The van der Waals surface area contributed by atoms with E-state index >= 15 is 4.79 Å². The van der Waals surface area contributed by atoms with E-state index in [1.165, 1.54) is 0 Å². The Bertz CT molecular complexity index is 2160. The molecule has 10 aliphatic rings. The van der Waals surface area contributed by atoms with Gasteiger partial charge in [-0.05, 0) is 157 Å². The molecular weight excluding hydrogens is 931 g/mol. The second-order valence-corrected chi connectivity index (χ2v) is 25.6. The van der Waals surface area contributed by atoms with E-state index < -0.39 is 100 Å². The van der Waals surface area contributed by atoms with Gasteiger partial charge in [-0.25, -0.2) is 0 Å². The van der Waals surface area contributed by atoms with Crippen LogP contribution in [0.2, 0.25) is 0 Å². The van der Waals surface area contributed by atoms with Crippen molar-refractivity contribution in [1.29, 1.82) is 0 Å². The molecule has 8 aliphatic carbocycles. The number of aliphatic hydroxyl groups is 10. The lowest BCUT2D eigenvalue weighted by Crippen LogP contribution is -2.75. The van der Waals surface area contributed by atoms with Gasteiger partial charge in [0.15, 0.2) is 5.78 Å². The molecule has 15 nitrogen and oxygen atoms in total. The summed E-state index contributed by atoms with van der Waals surface area (Å²) in [6, 6.07) is 0. The zero-order chi connectivity index (χ0) is 51.9. The lowest BCUT2D eigenvalue weighted by Gasteiger charge is -2.70. The summed E-state index contributed by atoms with van der Waals surface area (Å²) in [4.78, 5) is 16.0. The van der Waals surface area contributed by atoms with E-state index in [1.54, 1.807) is 6.92 Å². The number of ether oxygens (including phenoxy) is 1. The third-order valence-electron chi connectivity index (χ3n) is 22.2. The molecule has 2 heterocycles.